The number of esters is 2. The van der Waals surface area contributed by atoms with Gasteiger partial charge in [-0.25, -0.2) is 4.79 Å². The lowest BCUT2D eigenvalue weighted by Gasteiger charge is -2.11. The Morgan fingerprint density at radius 2 is 1.87 bits per heavy atom. The molecule has 1 N–H and O–H groups in total. The first-order valence-corrected chi connectivity index (χ1v) is 9.73. The molecule has 0 atom stereocenters. The first-order valence-electron chi connectivity index (χ1n) is 9.35. The van der Waals surface area contributed by atoms with Crippen molar-refractivity contribution >= 4 is 34.4 Å². The molecule has 0 saturated heterocycles. The summed E-state index contributed by atoms with van der Waals surface area (Å²) in [5, 5.41) is 15.6. The minimum absolute atomic E-state index is 0.116. The summed E-state index contributed by atoms with van der Waals surface area (Å²) >= 11 is 6.62. The van der Waals surface area contributed by atoms with E-state index in [0.717, 1.165) is 5.39 Å². The molecule has 0 fully saturated rings. The molecule has 0 aliphatic rings. The maximum absolute atomic E-state index is 12.6. The number of nitrogens with zero attached hydrogens (tertiary/aromatic N) is 3. The van der Waals surface area contributed by atoms with E-state index in [2.05, 4.69) is 5.10 Å². The number of aromatic nitrogens is 3. The van der Waals surface area contributed by atoms with Crippen LogP contribution in [0.5, 0.6) is 0 Å². The molecule has 0 bridgehead atoms. The maximum atomic E-state index is 12.6. The van der Waals surface area contributed by atoms with Crippen molar-refractivity contribution in [1.29, 1.82) is 0 Å². The van der Waals surface area contributed by atoms with Crippen LogP contribution in [-0.2, 0) is 41.4 Å². The van der Waals surface area contributed by atoms with Crippen LogP contribution in [0, 0.1) is 6.92 Å². The van der Waals surface area contributed by atoms with Gasteiger partial charge in [0.15, 0.2) is 0 Å². The Kier molecular flexibility index (Phi) is 6.19. The Hall–Kier alpha value is -2.84. The van der Waals surface area contributed by atoms with E-state index in [9.17, 15) is 14.7 Å². The van der Waals surface area contributed by atoms with Crippen molar-refractivity contribution in [3.63, 3.8) is 0 Å². The second-order valence-corrected chi connectivity index (χ2v) is 7.37. The maximum Gasteiger partial charge on any atom is 0.354 e. The van der Waals surface area contributed by atoms with Crippen molar-refractivity contribution in [3.8, 4) is 11.1 Å². The van der Waals surface area contributed by atoms with Gasteiger partial charge in [0.1, 0.15) is 5.69 Å². The average Bonchev–Trinajstić information content (AvgIpc) is 3.17. The monoisotopic (exact) mass is 433 g/mol. The summed E-state index contributed by atoms with van der Waals surface area (Å²) in [5.41, 5.74) is 4.41. The van der Waals surface area contributed by atoms with Gasteiger partial charge in [-0.1, -0.05) is 17.7 Å². The zero-order valence-corrected chi connectivity index (χ0v) is 18.3. The second-order valence-electron chi connectivity index (χ2n) is 6.96. The lowest BCUT2D eigenvalue weighted by Crippen LogP contribution is -2.11. The Morgan fingerprint density at radius 3 is 2.47 bits per heavy atom. The van der Waals surface area contributed by atoms with Crippen LogP contribution in [0.2, 0.25) is 5.02 Å². The first kappa shape index (κ1) is 21.9. The number of carbonyl (C=O) groups excluding carboxylic acids is 2. The van der Waals surface area contributed by atoms with Gasteiger partial charge >= 0.3 is 11.9 Å². The fourth-order valence-electron chi connectivity index (χ4n) is 3.99. The number of ether oxygens (including phenoxy) is 2. The number of methoxy groups -OCH3 is 2. The summed E-state index contributed by atoms with van der Waals surface area (Å²) in [6.07, 6.45) is 0.416. The third-order valence-corrected chi connectivity index (χ3v) is 5.65. The van der Waals surface area contributed by atoms with E-state index < -0.39 is 5.97 Å². The number of hydrogen-bond donors (Lipinski definition) is 1. The van der Waals surface area contributed by atoms with Crippen molar-refractivity contribution in [2.45, 2.75) is 26.4 Å². The zero-order valence-electron chi connectivity index (χ0n) is 17.6. The van der Waals surface area contributed by atoms with Gasteiger partial charge in [0.2, 0.25) is 0 Å². The Bertz CT molecular complexity index is 1150. The van der Waals surface area contributed by atoms with E-state index in [1.165, 1.54) is 14.2 Å². The third-order valence-electron chi connectivity index (χ3n) is 5.34. The molecule has 0 amide bonds. The van der Waals surface area contributed by atoms with Gasteiger partial charge < -0.3 is 19.1 Å². The largest absolute Gasteiger partial charge is 0.469 e. The minimum atomic E-state index is -0.513. The SMILES string of the molecule is COC(=O)CCc1c(C(=O)OC)n(C)c2c(-c3c(C)nn(C)c3CO)c(Cl)ccc12. The Balaban J connectivity index is 2.39. The fraction of sp³-hybridized carbons (Fsp3) is 0.381. The second kappa shape index (κ2) is 8.49. The van der Waals surface area contributed by atoms with Gasteiger partial charge in [0.05, 0.1) is 42.8 Å². The molecule has 0 unspecified atom stereocenters. The highest BCUT2D eigenvalue weighted by molar-refractivity contribution is 6.35. The number of aliphatic hydroxyl groups excluding tert-OH is 1. The molecule has 0 radical (unpaired) electrons. The lowest BCUT2D eigenvalue weighted by atomic mass is 9.98. The van der Waals surface area contributed by atoms with Gasteiger partial charge in [-0.05, 0) is 25.0 Å². The van der Waals surface area contributed by atoms with Crippen LogP contribution in [-0.4, -0.2) is 45.6 Å². The predicted octanol–water partition coefficient (Wildman–Crippen LogP) is 2.93. The number of halogens is 1. The van der Waals surface area contributed by atoms with Crippen LogP contribution >= 0.6 is 11.6 Å². The molecule has 160 valence electrons. The van der Waals surface area contributed by atoms with Crippen LogP contribution in [0.3, 0.4) is 0 Å². The van der Waals surface area contributed by atoms with E-state index in [0.29, 0.717) is 50.7 Å². The van der Waals surface area contributed by atoms with Gasteiger partial charge in [-0.3, -0.25) is 9.48 Å². The third kappa shape index (κ3) is 3.46. The van der Waals surface area contributed by atoms with E-state index >= 15 is 0 Å². The molecular weight excluding hydrogens is 410 g/mol. The Morgan fingerprint density at radius 1 is 1.17 bits per heavy atom. The fourth-order valence-corrected chi connectivity index (χ4v) is 4.24. The molecule has 9 heteroatoms. The number of fused-ring (bicyclic) bond motifs is 1. The summed E-state index contributed by atoms with van der Waals surface area (Å²) in [6, 6.07) is 3.57. The van der Waals surface area contributed by atoms with Crippen LogP contribution in [0.4, 0.5) is 0 Å². The van der Waals surface area contributed by atoms with Gasteiger partial charge in [-0.2, -0.15) is 5.10 Å². The predicted molar refractivity (Wildman–Crippen MR) is 112 cm³/mol. The standard InChI is InChI=1S/C21H24ClN3O5/c1-11-17(15(10-26)25(3)23-11)18-14(22)8-6-12-13(7-9-16(27)29-4)20(21(28)30-5)24(2)19(12)18/h6,8,26H,7,9-10H2,1-5H3. The number of benzene rings is 1. The zero-order chi connectivity index (χ0) is 22.2. The van der Waals surface area contributed by atoms with Crippen LogP contribution in [0.25, 0.3) is 22.0 Å². The van der Waals surface area contributed by atoms with E-state index in [4.69, 9.17) is 21.1 Å². The topological polar surface area (TPSA) is 95.6 Å². The van der Waals surface area contributed by atoms with Gasteiger partial charge in [0.25, 0.3) is 0 Å². The molecule has 30 heavy (non-hydrogen) atoms. The van der Waals surface area contributed by atoms with Gasteiger partial charge in [0, 0.05) is 37.0 Å². The number of aryl methyl sites for hydroxylation is 4. The molecule has 3 aromatic rings. The van der Waals surface area contributed by atoms with E-state index in [1.54, 1.807) is 29.4 Å². The molecule has 0 aliphatic carbocycles. The van der Waals surface area contributed by atoms with Crippen molar-refractivity contribution in [2.24, 2.45) is 14.1 Å². The summed E-state index contributed by atoms with van der Waals surface area (Å²) in [4.78, 5) is 24.4. The first-order chi connectivity index (χ1) is 14.3. The minimum Gasteiger partial charge on any atom is -0.469 e. The highest BCUT2D eigenvalue weighted by Crippen LogP contribution is 2.41. The summed E-state index contributed by atoms with van der Waals surface area (Å²) in [6.45, 7) is 1.62. The summed E-state index contributed by atoms with van der Waals surface area (Å²) in [5.74, 6) is -0.886. The molecule has 0 aliphatic heterocycles. The van der Waals surface area contributed by atoms with Crippen molar-refractivity contribution in [3.05, 3.63) is 39.8 Å². The molecule has 8 nitrogen and oxygen atoms in total. The molecule has 1 aromatic carbocycles. The van der Waals surface area contributed by atoms with E-state index in [1.807, 2.05) is 13.0 Å². The summed E-state index contributed by atoms with van der Waals surface area (Å²) in [7, 11) is 6.14. The highest BCUT2D eigenvalue weighted by Gasteiger charge is 2.27. The smallest absolute Gasteiger partial charge is 0.354 e. The van der Waals surface area contributed by atoms with Crippen molar-refractivity contribution < 1.29 is 24.2 Å². The molecule has 2 heterocycles. The van der Waals surface area contributed by atoms with E-state index in [-0.39, 0.29) is 19.0 Å². The number of rotatable bonds is 6. The number of aliphatic hydroxyl groups is 1. The molecule has 0 saturated carbocycles. The van der Waals surface area contributed by atoms with Crippen molar-refractivity contribution in [2.75, 3.05) is 14.2 Å². The van der Waals surface area contributed by atoms with Crippen LogP contribution in [0.15, 0.2) is 12.1 Å². The number of hydrogen-bond acceptors (Lipinski definition) is 6. The van der Waals surface area contributed by atoms with Crippen LogP contribution in [0.1, 0.15) is 33.9 Å². The van der Waals surface area contributed by atoms with Gasteiger partial charge in [-0.15, -0.1) is 0 Å². The molecule has 3 rings (SSSR count). The molecule has 0 spiro atoms. The lowest BCUT2D eigenvalue weighted by molar-refractivity contribution is -0.140. The Labute approximate surface area is 178 Å². The molecule has 2 aromatic heterocycles. The average molecular weight is 434 g/mol. The normalized spacial score (nSPS) is 11.2. The quantitative estimate of drug-likeness (QED) is 0.600. The highest BCUT2D eigenvalue weighted by atomic mass is 35.5. The number of carbonyl (C=O) groups is 2. The summed E-state index contributed by atoms with van der Waals surface area (Å²) < 4.78 is 13.1. The van der Waals surface area contributed by atoms with Crippen LogP contribution < -0.4 is 0 Å². The van der Waals surface area contributed by atoms with Crippen molar-refractivity contribution in [1.82, 2.24) is 14.3 Å². The molecular formula is C21H24ClN3O5.